The van der Waals surface area contributed by atoms with Gasteiger partial charge in [-0.15, -0.1) is 0 Å². The summed E-state index contributed by atoms with van der Waals surface area (Å²) in [5.41, 5.74) is -1.45. The van der Waals surface area contributed by atoms with Crippen LogP contribution in [0.1, 0.15) is 117 Å². The predicted octanol–water partition coefficient (Wildman–Crippen LogP) is 5.37. The molecule has 1 saturated heterocycles. The van der Waals surface area contributed by atoms with Crippen molar-refractivity contribution in [2.45, 2.75) is 161 Å². The number of rotatable bonds is 9. The first-order valence-electron chi connectivity index (χ1n) is 22.4. The van der Waals surface area contributed by atoms with E-state index in [1.54, 1.807) is 0 Å². The van der Waals surface area contributed by atoms with Gasteiger partial charge in [0.15, 0.2) is 6.29 Å². The zero-order valence-corrected chi connectivity index (χ0v) is 35.1. The van der Waals surface area contributed by atoms with Crippen molar-refractivity contribution in [3.8, 4) is 0 Å². The van der Waals surface area contributed by atoms with Crippen LogP contribution in [0.4, 0.5) is 0 Å². The molecule has 11 heteroatoms. The molecule has 11 nitrogen and oxygen atoms in total. The number of carbonyl (C=O) groups is 1. The number of carboxylic acid groups (broad SMARTS) is 1. The van der Waals surface area contributed by atoms with Crippen molar-refractivity contribution in [3.05, 3.63) is 47.5 Å². The van der Waals surface area contributed by atoms with E-state index >= 15 is 0 Å². The molecule has 16 unspecified atom stereocenters. The second-order valence-corrected chi connectivity index (χ2v) is 21.0. The van der Waals surface area contributed by atoms with E-state index in [-0.39, 0.29) is 54.3 Å². The Morgan fingerprint density at radius 2 is 1.57 bits per heavy atom. The molecule has 1 aromatic rings. The van der Waals surface area contributed by atoms with Crippen LogP contribution in [-0.2, 0) is 25.6 Å². The SMILES string of the molecule is CC1(CO)CC(O)C2(C(=O)O)CCC3(C)C(=CCC4C5(C6CCCCC6)CC(OCc6ccccc6)C(OC6OCC(O)C(O)C6O)C(C)(CO)C5CCC43C)C2C1. The van der Waals surface area contributed by atoms with Gasteiger partial charge in [-0.3, -0.25) is 4.79 Å². The highest BCUT2D eigenvalue weighted by molar-refractivity contribution is 5.77. The average Bonchev–Trinajstić information content (AvgIpc) is 3.21. The lowest BCUT2D eigenvalue weighted by Gasteiger charge is -2.74. The highest BCUT2D eigenvalue weighted by Crippen LogP contribution is 2.78. The molecule has 0 amide bonds. The molecule has 0 radical (unpaired) electrons. The predicted molar refractivity (Wildman–Crippen MR) is 215 cm³/mol. The molecule has 6 fully saturated rings. The Labute approximate surface area is 344 Å². The molecule has 7 N–H and O–H groups in total. The lowest BCUT2D eigenvalue weighted by atomic mass is 9.31. The van der Waals surface area contributed by atoms with Gasteiger partial charge in [0, 0.05) is 12.0 Å². The zero-order chi connectivity index (χ0) is 41.5. The van der Waals surface area contributed by atoms with Crippen LogP contribution in [0.2, 0.25) is 0 Å². The number of allylic oxidation sites excluding steroid dienone is 2. The van der Waals surface area contributed by atoms with Crippen molar-refractivity contribution >= 4 is 5.97 Å². The third-order valence-electron chi connectivity index (χ3n) is 18.4. The van der Waals surface area contributed by atoms with Gasteiger partial charge >= 0.3 is 5.97 Å². The second kappa shape index (κ2) is 15.5. The van der Waals surface area contributed by atoms with E-state index in [1.807, 2.05) is 37.3 Å². The summed E-state index contributed by atoms with van der Waals surface area (Å²) in [7, 11) is 0. The van der Waals surface area contributed by atoms with E-state index in [0.717, 1.165) is 56.1 Å². The van der Waals surface area contributed by atoms with Crippen molar-refractivity contribution < 1.29 is 54.8 Å². The Kier molecular flexibility index (Phi) is 11.4. The minimum atomic E-state index is -1.49. The summed E-state index contributed by atoms with van der Waals surface area (Å²) < 4.78 is 19.7. The van der Waals surface area contributed by atoms with Gasteiger partial charge in [-0.05, 0) is 115 Å². The molecular weight excluding hydrogens is 741 g/mol. The maximum atomic E-state index is 13.4. The fourth-order valence-electron chi connectivity index (χ4n) is 15.1. The summed E-state index contributed by atoms with van der Waals surface area (Å²) in [6.45, 7) is 8.77. The quantitative estimate of drug-likeness (QED) is 0.126. The van der Waals surface area contributed by atoms with Crippen LogP contribution >= 0.6 is 0 Å². The summed E-state index contributed by atoms with van der Waals surface area (Å²) in [6.07, 6.45) is 5.22. The van der Waals surface area contributed by atoms with Gasteiger partial charge in [-0.1, -0.05) is 88.9 Å². The van der Waals surface area contributed by atoms with Crippen molar-refractivity contribution in [3.63, 3.8) is 0 Å². The molecule has 1 heterocycles. The van der Waals surface area contributed by atoms with Crippen LogP contribution in [0.3, 0.4) is 0 Å². The van der Waals surface area contributed by atoms with E-state index in [0.29, 0.717) is 38.2 Å². The maximum Gasteiger partial charge on any atom is 0.312 e. The molecule has 16 atom stereocenters. The summed E-state index contributed by atoms with van der Waals surface area (Å²) in [5, 5.41) is 77.3. The summed E-state index contributed by atoms with van der Waals surface area (Å²) in [4.78, 5) is 13.4. The highest BCUT2D eigenvalue weighted by atomic mass is 16.7. The molecule has 5 saturated carbocycles. The van der Waals surface area contributed by atoms with Crippen molar-refractivity contribution in [1.82, 2.24) is 0 Å². The Bertz CT molecular complexity index is 1680. The maximum absolute atomic E-state index is 13.4. The molecule has 0 spiro atoms. The van der Waals surface area contributed by atoms with Crippen molar-refractivity contribution in [1.29, 1.82) is 0 Å². The fourth-order valence-corrected chi connectivity index (χ4v) is 15.1. The molecular formula is C47H70O11. The molecule has 6 aliphatic carbocycles. The average molecular weight is 811 g/mol. The summed E-state index contributed by atoms with van der Waals surface area (Å²) in [6, 6.07) is 10.0. The van der Waals surface area contributed by atoms with E-state index < -0.39 is 71.0 Å². The van der Waals surface area contributed by atoms with Crippen LogP contribution in [0.15, 0.2) is 42.0 Å². The minimum Gasteiger partial charge on any atom is -0.481 e. The minimum absolute atomic E-state index is 0.0124. The largest absolute Gasteiger partial charge is 0.481 e. The van der Waals surface area contributed by atoms with E-state index in [9.17, 15) is 40.5 Å². The van der Waals surface area contributed by atoms with Gasteiger partial charge in [-0.2, -0.15) is 0 Å². The van der Waals surface area contributed by atoms with Crippen LogP contribution < -0.4 is 0 Å². The molecule has 1 aromatic carbocycles. The summed E-state index contributed by atoms with van der Waals surface area (Å²) >= 11 is 0. The fraction of sp³-hybridized carbons (Fsp3) is 0.809. The Hall–Kier alpha value is -1.93. The third-order valence-corrected chi connectivity index (χ3v) is 18.4. The van der Waals surface area contributed by atoms with Crippen LogP contribution in [0.5, 0.6) is 0 Å². The first-order valence-corrected chi connectivity index (χ1v) is 22.4. The Morgan fingerprint density at radius 1 is 0.845 bits per heavy atom. The monoisotopic (exact) mass is 810 g/mol. The van der Waals surface area contributed by atoms with Gasteiger partial charge in [0.05, 0.1) is 38.1 Å². The van der Waals surface area contributed by atoms with E-state index in [2.05, 4.69) is 26.8 Å². The molecule has 58 heavy (non-hydrogen) atoms. The summed E-state index contributed by atoms with van der Waals surface area (Å²) in [5.74, 6) is -0.789. The topological polar surface area (TPSA) is 186 Å². The molecule has 0 aromatic heterocycles. The number of aliphatic hydroxyl groups is 6. The number of aliphatic carboxylic acids is 1. The second-order valence-electron chi connectivity index (χ2n) is 21.0. The number of aliphatic hydroxyl groups excluding tert-OH is 6. The Balaban J connectivity index is 1.25. The third kappa shape index (κ3) is 6.25. The first kappa shape index (κ1) is 42.7. The lowest BCUT2D eigenvalue weighted by Crippen LogP contribution is -2.72. The molecule has 324 valence electrons. The number of benzene rings is 1. The number of carboxylic acids is 1. The molecule has 0 bridgehead atoms. The van der Waals surface area contributed by atoms with E-state index in [4.69, 9.17) is 14.2 Å². The van der Waals surface area contributed by atoms with Gasteiger partial charge in [0.25, 0.3) is 0 Å². The van der Waals surface area contributed by atoms with Gasteiger partial charge in [0.1, 0.15) is 23.7 Å². The smallest absolute Gasteiger partial charge is 0.312 e. The molecule has 7 aliphatic rings. The highest BCUT2D eigenvalue weighted by Gasteiger charge is 2.74. The van der Waals surface area contributed by atoms with Gasteiger partial charge < -0.3 is 50.0 Å². The normalized spacial score (nSPS) is 49.4. The van der Waals surface area contributed by atoms with Crippen LogP contribution in [-0.4, -0.2) is 104 Å². The number of hydrogen-bond donors (Lipinski definition) is 7. The molecule has 8 rings (SSSR count). The first-order chi connectivity index (χ1) is 27.5. The standard InChI is InChI=1S/C47H70O11/c1-42(26-48)21-31-30-15-16-35-45(4,44(30,3)19-20-46(31,41(54)55)36(51)23-42)18-17-34-43(2,27-49)39(58-40-38(53)37(52)32(50)25-57-40)33(56-24-28-11-7-5-8-12-28)22-47(34,35)29-13-9-6-10-14-29/h5,7-8,11-12,15,29,31-40,48-53H,6,9-10,13-14,16-27H2,1-4H3,(H,54,55). The van der Waals surface area contributed by atoms with Crippen LogP contribution in [0, 0.1) is 56.2 Å². The van der Waals surface area contributed by atoms with E-state index in [1.165, 1.54) is 6.42 Å². The van der Waals surface area contributed by atoms with Gasteiger partial charge in [0.2, 0.25) is 0 Å². The number of hydrogen-bond acceptors (Lipinski definition) is 10. The van der Waals surface area contributed by atoms with Crippen molar-refractivity contribution in [2.24, 2.45) is 56.2 Å². The zero-order valence-electron chi connectivity index (χ0n) is 35.1. The Morgan fingerprint density at radius 3 is 2.24 bits per heavy atom. The van der Waals surface area contributed by atoms with Crippen LogP contribution in [0.25, 0.3) is 0 Å². The number of fused-ring (bicyclic) bond motifs is 7. The van der Waals surface area contributed by atoms with Gasteiger partial charge in [-0.25, -0.2) is 0 Å². The lowest BCUT2D eigenvalue weighted by molar-refractivity contribution is -0.339. The number of ether oxygens (including phenoxy) is 3. The molecule has 1 aliphatic heterocycles. The van der Waals surface area contributed by atoms with Crippen molar-refractivity contribution in [2.75, 3.05) is 19.8 Å².